The fourth-order valence-corrected chi connectivity index (χ4v) is 3.16. The predicted molar refractivity (Wildman–Crippen MR) is 78.4 cm³/mol. The lowest BCUT2D eigenvalue weighted by Crippen LogP contribution is -2.23. The summed E-state index contributed by atoms with van der Waals surface area (Å²) in [6, 6.07) is 7.91. The first kappa shape index (κ1) is 12.7. The zero-order valence-electron chi connectivity index (χ0n) is 11.9. The summed E-state index contributed by atoms with van der Waals surface area (Å²) in [6.45, 7) is 0.656. The Morgan fingerprint density at radius 2 is 1.95 bits per heavy atom. The summed E-state index contributed by atoms with van der Waals surface area (Å²) in [6.07, 6.45) is 6.00. The molecule has 1 aliphatic heterocycles. The minimum absolute atomic E-state index is 0.204. The van der Waals surface area contributed by atoms with Crippen molar-refractivity contribution in [1.29, 1.82) is 0 Å². The van der Waals surface area contributed by atoms with Gasteiger partial charge in [-0.3, -0.25) is 0 Å². The Labute approximate surface area is 123 Å². The summed E-state index contributed by atoms with van der Waals surface area (Å²) >= 11 is 0. The quantitative estimate of drug-likeness (QED) is 0.912. The van der Waals surface area contributed by atoms with Crippen LogP contribution in [-0.2, 0) is 0 Å². The number of rotatable bonds is 2. The van der Waals surface area contributed by atoms with Crippen molar-refractivity contribution >= 4 is 5.69 Å². The van der Waals surface area contributed by atoms with E-state index in [4.69, 9.17) is 9.26 Å². The minimum atomic E-state index is -0.204. The van der Waals surface area contributed by atoms with Gasteiger partial charge in [0.15, 0.2) is 11.9 Å². The molecule has 0 bridgehead atoms. The molecule has 1 aromatic carbocycles. The third kappa shape index (κ3) is 2.48. The second kappa shape index (κ2) is 5.39. The number of ether oxygens (including phenoxy) is 1. The molecule has 0 radical (unpaired) electrons. The van der Waals surface area contributed by atoms with Crippen LogP contribution in [0.5, 0.6) is 5.75 Å². The molecule has 1 saturated carbocycles. The van der Waals surface area contributed by atoms with Crippen LogP contribution in [-0.4, -0.2) is 16.7 Å². The molecule has 2 aromatic rings. The predicted octanol–water partition coefficient (Wildman–Crippen LogP) is 3.66. The lowest BCUT2D eigenvalue weighted by atomic mass is 9.89. The Kier molecular flexibility index (Phi) is 3.25. The minimum Gasteiger partial charge on any atom is -0.477 e. The molecule has 5 heteroatoms. The fraction of sp³-hybridized carbons (Fsp3) is 0.500. The van der Waals surface area contributed by atoms with Crippen LogP contribution in [0.3, 0.4) is 0 Å². The van der Waals surface area contributed by atoms with E-state index in [0.29, 0.717) is 18.4 Å². The molecular weight excluding hydrogens is 266 g/mol. The summed E-state index contributed by atoms with van der Waals surface area (Å²) in [5.41, 5.74) is 1.01. The first-order chi connectivity index (χ1) is 10.4. The number of benzene rings is 1. The Morgan fingerprint density at radius 3 is 2.86 bits per heavy atom. The normalized spacial score (nSPS) is 22.2. The second-order valence-electron chi connectivity index (χ2n) is 5.81. The highest BCUT2D eigenvalue weighted by Gasteiger charge is 2.28. The molecule has 1 aliphatic carbocycles. The van der Waals surface area contributed by atoms with E-state index in [1.165, 1.54) is 32.1 Å². The number of anilines is 1. The zero-order chi connectivity index (χ0) is 14.1. The standard InChI is InChI=1S/C16H19N3O2/c1-2-6-11(7-3-1)15-18-16(21-19-15)14-10-17-12-8-4-5-9-13(12)20-14/h4-5,8-9,11,14,17H,1-3,6-7,10H2. The summed E-state index contributed by atoms with van der Waals surface area (Å²) in [4.78, 5) is 4.59. The molecule has 0 amide bonds. The van der Waals surface area contributed by atoms with Gasteiger partial charge in [0.2, 0.25) is 0 Å². The molecule has 0 saturated heterocycles. The van der Waals surface area contributed by atoms with Crippen LogP contribution in [0.2, 0.25) is 0 Å². The molecule has 1 fully saturated rings. The fourth-order valence-electron chi connectivity index (χ4n) is 3.16. The molecular formula is C16H19N3O2. The topological polar surface area (TPSA) is 60.2 Å². The van der Waals surface area contributed by atoms with Crippen LogP contribution in [0.15, 0.2) is 28.8 Å². The van der Waals surface area contributed by atoms with Gasteiger partial charge in [-0.05, 0) is 25.0 Å². The molecule has 1 unspecified atom stereocenters. The Morgan fingerprint density at radius 1 is 1.10 bits per heavy atom. The largest absolute Gasteiger partial charge is 0.477 e. The van der Waals surface area contributed by atoms with Crippen molar-refractivity contribution in [1.82, 2.24) is 10.1 Å². The Balaban J connectivity index is 1.51. The van der Waals surface area contributed by atoms with Crippen molar-refractivity contribution < 1.29 is 9.26 Å². The zero-order valence-corrected chi connectivity index (χ0v) is 11.9. The maximum Gasteiger partial charge on any atom is 0.269 e. The maximum absolute atomic E-state index is 5.96. The smallest absolute Gasteiger partial charge is 0.269 e. The third-order valence-corrected chi connectivity index (χ3v) is 4.34. The summed E-state index contributed by atoms with van der Waals surface area (Å²) in [5, 5.41) is 7.52. The van der Waals surface area contributed by atoms with Gasteiger partial charge >= 0.3 is 0 Å². The van der Waals surface area contributed by atoms with Gasteiger partial charge in [-0.25, -0.2) is 0 Å². The van der Waals surface area contributed by atoms with Crippen molar-refractivity contribution in [2.24, 2.45) is 0 Å². The molecule has 1 aromatic heterocycles. The number of hydrogen-bond acceptors (Lipinski definition) is 5. The van der Waals surface area contributed by atoms with Gasteiger partial charge < -0.3 is 14.6 Å². The van der Waals surface area contributed by atoms with Gasteiger partial charge in [0.05, 0.1) is 12.2 Å². The average molecular weight is 285 g/mol. The van der Waals surface area contributed by atoms with Gasteiger partial charge in [-0.2, -0.15) is 4.98 Å². The number of nitrogens with zero attached hydrogens (tertiary/aromatic N) is 2. The van der Waals surface area contributed by atoms with Crippen LogP contribution < -0.4 is 10.1 Å². The number of fused-ring (bicyclic) bond motifs is 1. The molecule has 5 nitrogen and oxygen atoms in total. The number of aromatic nitrogens is 2. The molecule has 1 N–H and O–H groups in total. The molecule has 0 spiro atoms. The van der Waals surface area contributed by atoms with E-state index in [2.05, 4.69) is 15.5 Å². The van der Waals surface area contributed by atoms with Gasteiger partial charge in [-0.15, -0.1) is 0 Å². The molecule has 110 valence electrons. The lowest BCUT2D eigenvalue weighted by Gasteiger charge is -2.24. The Bertz CT molecular complexity index is 619. The van der Waals surface area contributed by atoms with Crippen molar-refractivity contribution in [3.63, 3.8) is 0 Å². The van der Waals surface area contributed by atoms with E-state index in [9.17, 15) is 0 Å². The van der Waals surface area contributed by atoms with Crippen molar-refractivity contribution in [2.45, 2.75) is 44.1 Å². The summed E-state index contributed by atoms with van der Waals surface area (Å²) in [7, 11) is 0. The SMILES string of the molecule is c1ccc2c(c1)NCC(c1nc(C3CCCCC3)no1)O2. The van der Waals surface area contributed by atoms with Crippen LogP contribution in [0.1, 0.15) is 55.8 Å². The van der Waals surface area contributed by atoms with E-state index in [1.54, 1.807) is 0 Å². The molecule has 1 atom stereocenters. The van der Waals surface area contributed by atoms with E-state index in [1.807, 2.05) is 24.3 Å². The van der Waals surface area contributed by atoms with Crippen LogP contribution in [0, 0.1) is 0 Å². The number of nitrogens with one attached hydrogen (secondary N) is 1. The van der Waals surface area contributed by atoms with Gasteiger partial charge in [0, 0.05) is 5.92 Å². The van der Waals surface area contributed by atoms with E-state index < -0.39 is 0 Å². The molecule has 4 rings (SSSR count). The number of para-hydroxylation sites is 2. The first-order valence-corrected chi connectivity index (χ1v) is 7.73. The third-order valence-electron chi connectivity index (χ3n) is 4.34. The average Bonchev–Trinajstić information content (AvgIpc) is 3.05. The van der Waals surface area contributed by atoms with Crippen molar-refractivity contribution in [2.75, 3.05) is 11.9 Å². The summed E-state index contributed by atoms with van der Waals surface area (Å²) in [5.74, 6) is 2.73. The van der Waals surface area contributed by atoms with Crippen LogP contribution >= 0.6 is 0 Å². The van der Waals surface area contributed by atoms with Crippen molar-refractivity contribution in [3.8, 4) is 5.75 Å². The lowest BCUT2D eigenvalue weighted by molar-refractivity contribution is 0.162. The highest BCUT2D eigenvalue weighted by molar-refractivity contribution is 5.57. The molecule has 2 heterocycles. The van der Waals surface area contributed by atoms with Crippen LogP contribution in [0.25, 0.3) is 0 Å². The highest BCUT2D eigenvalue weighted by atomic mass is 16.5. The second-order valence-corrected chi connectivity index (χ2v) is 5.81. The van der Waals surface area contributed by atoms with Crippen LogP contribution in [0.4, 0.5) is 5.69 Å². The molecule has 21 heavy (non-hydrogen) atoms. The monoisotopic (exact) mass is 285 g/mol. The van der Waals surface area contributed by atoms with E-state index >= 15 is 0 Å². The van der Waals surface area contributed by atoms with Gasteiger partial charge in [-0.1, -0.05) is 36.6 Å². The van der Waals surface area contributed by atoms with E-state index in [0.717, 1.165) is 17.3 Å². The maximum atomic E-state index is 5.96. The van der Waals surface area contributed by atoms with Crippen molar-refractivity contribution in [3.05, 3.63) is 36.0 Å². The molecule has 2 aliphatic rings. The number of hydrogen-bond donors (Lipinski definition) is 1. The Hall–Kier alpha value is -2.04. The van der Waals surface area contributed by atoms with E-state index in [-0.39, 0.29) is 6.10 Å². The van der Waals surface area contributed by atoms with Gasteiger partial charge in [0.25, 0.3) is 5.89 Å². The summed E-state index contributed by atoms with van der Waals surface area (Å²) < 4.78 is 11.4. The highest BCUT2D eigenvalue weighted by Crippen LogP contribution is 2.35. The first-order valence-electron chi connectivity index (χ1n) is 7.73. The van der Waals surface area contributed by atoms with Gasteiger partial charge in [0.1, 0.15) is 5.75 Å².